The zero-order valence-corrected chi connectivity index (χ0v) is 15.2. The molecule has 3 aromatic rings. The highest BCUT2D eigenvalue weighted by Gasteiger charge is 2.15. The molecule has 2 heterocycles. The quantitative estimate of drug-likeness (QED) is 0.727. The van der Waals surface area contributed by atoms with Crippen molar-refractivity contribution in [3.05, 3.63) is 71.0 Å². The van der Waals surface area contributed by atoms with Crippen LogP contribution < -0.4 is 5.32 Å². The molecule has 1 N–H and O–H groups in total. The first-order valence-electron chi connectivity index (χ1n) is 8.89. The predicted octanol–water partition coefficient (Wildman–Crippen LogP) is 4.72. The minimum absolute atomic E-state index is 0.0796. The lowest BCUT2D eigenvalue weighted by Crippen LogP contribution is -2.14. The number of aryl methyl sites for hydroxylation is 1. The van der Waals surface area contributed by atoms with Crippen LogP contribution in [0, 0.1) is 0 Å². The van der Waals surface area contributed by atoms with E-state index in [4.69, 9.17) is 11.6 Å². The van der Waals surface area contributed by atoms with Gasteiger partial charge in [-0.1, -0.05) is 29.8 Å². The molecule has 0 fully saturated rings. The van der Waals surface area contributed by atoms with Crippen molar-refractivity contribution in [3.63, 3.8) is 0 Å². The van der Waals surface area contributed by atoms with Gasteiger partial charge in [-0.2, -0.15) is 0 Å². The van der Waals surface area contributed by atoms with Gasteiger partial charge in [-0.25, -0.2) is 4.98 Å². The molecular weight excluding hydrogens is 346 g/mol. The summed E-state index contributed by atoms with van der Waals surface area (Å²) in [6, 6.07) is 15.3. The molecule has 0 unspecified atom stereocenters. The van der Waals surface area contributed by atoms with E-state index in [-0.39, 0.29) is 12.3 Å². The van der Waals surface area contributed by atoms with Gasteiger partial charge in [0.25, 0.3) is 0 Å². The van der Waals surface area contributed by atoms with Crippen LogP contribution in [0.25, 0.3) is 11.4 Å². The van der Waals surface area contributed by atoms with Crippen molar-refractivity contribution in [2.45, 2.75) is 32.2 Å². The highest BCUT2D eigenvalue weighted by molar-refractivity contribution is 6.31. The molecule has 5 heteroatoms. The zero-order valence-electron chi connectivity index (χ0n) is 14.4. The summed E-state index contributed by atoms with van der Waals surface area (Å²) in [6.45, 7) is 1.03. The van der Waals surface area contributed by atoms with Crippen molar-refractivity contribution >= 4 is 23.2 Å². The number of hydrogen-bond donors (Lipinski definition) is 1. The van der Waals surface area contributed by atoms with Crippen LogP contribution in [0.5, 0.6) is 0 Å². The van der Waals surface area contributed by atoms with Crippen LogP contribution in [0.3, 0.4) is 0 Å². The summed E-state index contributed by atoms with van der Waals surface area (Å²) in [4.78, 5) is 16.8. The number of hydrogen-bond acceptors (Lipinski definition) is 2. The van der Waals surface area contributed by atoms with Crippen LogP contribution >= 0.6 is 11.6 Å². The number of nitrogens with zero attached hydrogens (tertiary/aromatic N) is 2. The van der Waals surface area contributed by atoms with Crippen LogP contribution in [0.4, 0.5) is 5.69 Å². The maximum atomic E-state index is 12.3. The van der Waals surface area contributed by atoms with Gasteiger partial charge in [0.15, 0.2) is 0 Å². The van der Waals surface area contributed by atoms with Crippen molar-refractivity contribution in [1.82, 2.24) is 9.55 Å². The second kappa shape index (κ2) is 7.34. The second-order valence-corrected chi connectivity index (χ2v) is 6.98. The fraction of sp³-hybridized carbons (Fsp3) is 0.238. The summed E-state index contributed by atoms with van der Waals surface area (Å²) in [5.41, 5.74) is 3.98. The maximum Gasteiger partial charge on any atom is 0.228 e. The van der Waals surface area contributed by atoms with E-state index in [1.807, 2.05) is 48.7 Å². The Hall–Kier alpha value is -2.59. The number of amides is 1. The van der Waals surface area contributed by atoms with Crippen LogP contribution in [-0.4, -0.2) is 15.5 Å². The molecule has 0 saturated heterocycles. The van der Waals surface area contributed by atoms with E-state index in [0.717, 1.165) is 35.6 Å². The molecule has 0 saturated carbocycles. The molecule has 0 bridgehead atoms. The summed E-state index contributed by atoms with van der Waals surface area (Å²) in [5.74, 6) is 0.928. The third-order valence-electron chi connectivity index (χ3n) is 4.74. The zero-order chi connectivity index (χ0) is 17.9. The van der Waals surface area contributed by atoms with Gasteiger partial charge < -0.3 is 9.88 Å². The fourth-order valence-electron chi connectivity index (χ4n) is 3.39. The van der Waals surface area contributed by atoms with Gasteiger partial charge in [-0.3, -0.25) is 4.79 Å². The second-order valence-electron chi connectivity index (χ2n) is 6.58. The number of anilines is 1. The molecule has 2 aromatic carbocycles. The van der Waals surface area contributed by atoms with E-state index in [9.17, 15) is 4.79 Å². The topological polar surface area (TPSA) is 46.9 Å². The Morgan fingerprint density at radius 3 is 2.73 bits per heavy atom. The first kappa shape index (κ1) is 16.9. The lowest BCUT2D eigenvalue weighted by atomic mass is 10.1. The summed E-state index contributed by atoms with van der Waals surface area (Å²) >= 11 is 6.12. The Bertz CT molecular complexity index is 931. The Kier molecular flexibility index (Phi) is 4.76. The number of carbonyl (C=O) groups excluding carboxylic acids is 1. The first-order chi connectivity index (χ1) is 12.7. The Labute approximate surface area is 157 Å². The van der Waals surface area contributed by atoms with Gasteiger partial charge in [0.05, 0.1) is 6.42 Å². The van der Waals surface area contributed by atoms with E-state index in [1.165, 1.54) is 18.5 Å². The van der Waals surface area contributed by atoms with E-state index >= 15 is 0 Å². The Balaban J connectivity index is 1.46. The van der Waals surface area contributed by atoms with Crippen molar-refractivity contribution < 1.29 is 4.79 Å². The molecule has 1 aliphatic heterocycles. The van der Waals surface area contributed by atoms with Gasteiger partial charge >= 0.3 is 0 Å². The van der Waals surface area contributed by atoms with Gasteiger partial charge in [0, 0.05) is 34.7 Å². The van der Waals surface area contributed by atoms with E-state index in [1.54, 1.807) is 6.07 Å². The van der Waals surface area contributed by atoms with E-state index in [2.05, 4.69) is 14.9 Å². The number of benzene rings is 2. The SMILES string of the molecule is O=C(Cc1ccccc1Cl)Nc1ccc(-c2ncc3n2CCCC3)cc1. The van der Waals surface area contributed by atoms with Gasteiger partial charge in [-0.15, -0.1) is 0 Å². The third-order valence-corrected chi connectivity index (χ3v) is 5.11. The normalized spacial score (nSPS) is 13.3. The fourth-order valence-corrected chi connectivity index (χ4v) is 3.59. The molecule has 1 aliphatic rings. The average molecular weight is 366 g/mol. The van der Waals surface area contributed by atoms with E-state index in [0.29, 0.717) is 5.02 Å². The third kappa shape index (κ3) is 3.51. The number of fused-ring (bicyclic) bond motifs is 1. The summed E-state index contributed by atoms with van der Waals surface area (Å²) in [7, 11) is 0. The molecule has 1 amide bonds. The minimum Gasteiger partial charge on any atom is -0.328 e. The number of aromatic nitrogens is 2. The molecule has 0 spiro atoms. The lowest BCUT2D eigenvalue weighted by molar-refractivity contribution is -0.115. The molecule has 0 radical (unpaired) electrons. The molecule has 26 heavy (non-hydrogen) atoms. The van der Waals surface area contributed by atoms with Crippen molar-refractivity contribution in [3.8, 4) is 11.4 Å². The maximum absolute atomic E-state index is 12.3. The molecule has 0 aliphatic carbocycles. The smallest absolute Gasteiger partial charge is 0.228 e. The number of rotatable bonds is 4. The monoisotopic (exact) mass is 365 g/mol. The Morgan fingerprint density at radius 2 is 1.92 bits per heavy atom. The van der Waals surface area contributed by atoms with Crippen molar-refractivity contribution in [1.29, 1.82) is 0 Å². The van der Waals surface area contributed by atoms with Crippen LogP contribution in [0.1, 0.15) is 24.1 Å². The Morgan fingerprint density at radius 1 is 1.12 bits per heavy atom. The number of halogens is 1. The summed E-state index contributed by atoms with van der Waals surface area (Å²) in [5, 5.41) is 3.54. The summed E-state index contributed by atoms with van der Waals surface area (Å²) in [6.07, 6.45) is 5.78. The van der Waals surface area contributed by atoms with E-state index < -0.39 is 0 Å². The highest BCUT2D eigenvalue weighted by atomic mass is 35.5. The lowest BCUT2D eigenvalue weighted by Gasteiger charge is -2.16. The predicted molar refractivity (Wildman–Crippen MR) is 104 cm³/mol. The molecule has 4 rings (SSSR count). The highest BCUT2D eigenvalue weighted by Crippen LogP contribution is 2.25. The summed E-state index contributed by atoms with van der Waals surface area (Å²) < 4.78 is 2.30. The molecular formula is C21H20ClN3O. The number of nitrogens with one attached hydrogen (secondary N) is 1. The van der Waals surface area contributed by atoms with Crippen molar-refractivity contribution in [2.24, 2.45) is 0 Å². The first-order valence-corrected chi connectivity index (χ1v) is 9.26. The average Bonchev–Trinajstić information content (AvgIpc) is 3.08. The molecule has 1 aromatic heterocycles. The molecule has 0 atom stereocenters. The number of carbonyl (C=O) groups is 1. The standard InChI is InChI=1S/C21H20ClN3O/c22-19-7-2-1-5-16(19)13-20(26)24-17-10-8-15(9-11-17)21-23-14-18-6-3-4-12-25(18)21/h1-2,5,7-11,14H,3-4,6,12-13H2,(H,24,26). The van der Waals surface area contributed by atoms with Gasteiger partial charge in [-0.05, 0) is 55.2 Å². The van der Waals surface area contributed by atoms with Crippen LogP contribution in [-0.2, 0) is 24.2 Å². The van der Waals surface area contributed by atoms with Crippen molar-refractivity contribution in [2.75, 3.05) is 5.32 Å². The number of imidazole rings is 1. The van der Waals surface area contributed by atoms with Gasteiger partial charge in [0.2, 0.25) is 5.91 Å². The van der Waals surface area contributed by atoms with Gasteiger partial charge in [0.1, 0.15) is 5.82 Å². The minimum atomic E-state index is -0.0796. The molecule has 4 nitrogen and oxygen atoms in total. The largest absolute Gasteiger partial charge is 0.328 e. The molecule has 132 valence electrons. The van der Waals surface area contributed by atoms with Crippen LogP contribution in [0.15, 0.2) is 54.7 Å². The van der Waals surface area contributed by atoms with Crippen LogP contribution in [0.2, 0.25) is 5.02 Å².